The zero-order valence-corrected chi connectivity index (χ0v) is 5.93. The van der Waals surface area contributed by atoms with Gasteiger partial charge in [0.2, 0.25) is 6.29 Å². The molecule has 0 saturated carbocycles. The van der Waals surface area contributed by atoms with Crippen molar-refractivity contribution in [3.05, 3.63) is 11.6 Å². The molecule has 0 amide bonds. The second-order valence-corrected chi connectivity index (χ2v) is 2.50. The first-order valence-corrected chi connectivity index (χ1v) is 2.76. The van der Waals surface area contributed by atoms with E-state index < -0.39 is 5.60 Å². The number of aliphatic hydroxyl groups is 1. The summed E-state index contributed by atoms with van der Waals surface area (Å²) in [6.45, 7) is 4.93. The summed E-state index contributed by atoms with van der Waals surface area (Å²) in [6, 6.07) is 0. The van der Waals surface area contributed by atoms with Gasteiger partial charge in [0, 0.05) is 0 Å². The minimum atomic E-state index is -0.891. The Balaban J connectivity index is 4.19. The molecule has 1 radical (unpaired) electrons. The number of hydrogen-bond donors (Lipinski definition) is 1. The second kappa shape index (κ2) is 2.78. The standard InChI is InChI=1S/C7H11O2/c1-6(4-5-8)7(2,3)9/h4,9H,1-3H3. The van der Waals surface area contributed by atoms with Crippen LogP contribution in [0.25, 0.3) is 0 Å². The van der Waals surface area contributed by atoms with E-state index in [1.54, 1.807) is 27.1 Å². The number of hydrogen-bond acceptors (Lipinski definition) is 2. The van der Waals surface area contributed by atoms with Crippen molar-refractivity contribution in [3.63, 3.8) is 0 Å². The highest BCUT2D eigenvalue weighted by molar-refractivity contribution is 5.67. The van der Waals surface area contributed by atoms with E-state index in [0.29, 0.717) is 5.57 Å². The van der Waals surface area contributed by atoms with E-state index in [-0.39, 0.29) is 0 Å². The minimum Gasteiger partial charge on any atom is -0.386 e. The Morgan fingerprint density at radius 3 is 2.22 bits per heavy atom. The van der Waals surface area contributed by atoms with Crippen LogP contribution in [0.4, 0.5) is 0 Å². The zero-order chi connectivity index (χ0) is 7.49. The molecule has 0 aromatic heterocycles. The Hall–Kier alpha value is -0.630. The maximum absolute atomic E-state index is 9.75. The van der Waals surface area contributed by atoms with E-state index in [1.807, 2.05) is 0 Å². The molecular formula is C7H11O2. The molecule has 0 fully saturated rings. The van der Waals surface area contributed by atoms with Crippen molar-refractivity contribution < 1.29 is 9.90 Å². The molecule has 2 nitrogen and oxygen atoms in total. The van der Waals surface area contributed by atoms with Gasteiger partial charge in [-0.1, -0.05) is 0 Å². The summed E-state index contributed by atoms with van der Waals surface area (Å²) in [5, 5.41) is 9.17. The number of rotatable bonds is 2. The molecule has 2 heteroatoms. The lowest BCUT2D eigenvalue weighted by Crippen LogP contribution is -2.19. The van der Waals surface area contributed by atoms with Gasteiger partial charge in [-0.25, -0.2) is 0 Å². The third kappa shape index (κ3) is 3.03. The summed E-state index contributed by atoms with van der Waals surface area (Å²) in [5.74, 6) is 0. The van der Waals surface area contributed by atoms with E-state index in [0.717, 1.165) is 0 Å². The van der Waals surface area contributed by atoms with Gasteiger partial charge in [0.25, 0.3) is 0 Å². The third-order valence-corrected chi connectivity index (χ3v) is 1.24. The summed E-state index contributed by atoms with van der Waals surface area (Å²) in [5.41, 5.74) is -0.269. The summed E-state index contributed by atoms with van der Waals surface area (Å²) in [4.78, 5) is 9.75. The zero-order valence-electron chi connectivity index (χ0n) is 5.93. The minimum absolute atomic E-state index is 0.623. The lowest BCUT2D eigenvalue weighted by atomic mass is 10.0. The molecule has 0 bridgehead atoms. The molecule has 0 saturated heterocycles. The van der Waals surface area contributed by atoms with Crippen LogP contribution in [0.15, 0.2) is 11.6 Å². The monoisotopic (exact) mass is 127 g/mol. The van der Waals surface area contributed by atoms with Crippen LogP contribution in [0, 0.1) is 0 Å². The van der Waals surface area contributed by atoms with Crippen LogP contribution in [0.2, 0.25) is 0 Å². The van der Waals surface area contributed by atoms with Crippen molar-refractivity contribution in [2.45, 2.75) is 26.4 Å². The van der Waals surface area contributed by atoms with Crippen molar-refractivity contribution in [2.75, 3.05) is 0 Å². The molecule has 0 aliphatic heterocycles. The maximum Gasteiger partial charge on any atom is 0.225 e. The van der Waals surface area contributed by atoms with Gasteiger partial charge in [0.1, 0.15) is 0 Å². The van der Waals surface area contributed by atoms with Crippen molar-refractivity contribution >= 4 is 6.29 Å². The molecule has 0 heterocycles. The predicted octanol–water partition coefficient (Wildman–Crippen LogP) is 0.813. The van der Waals surface area contributed by atoms with E-state index in [2.05, 4.69) is 0 Å². The highest BCUT2D eigenvalue weighted by atomic mass is 16.3. The predicted molar refractivity (Wildman–Crippen MR) is 35.7 cm³/mol. The first-order valence-electron chi connectivity index (χ1n) is 2.76. The highest BCUT2D eigenvalue weighted by Crippen LogP contribution is 2.12. The number of carbonyl (C=O) groups excluding carboxylic acids is 1. The van der Waals surface area contributed by atoms with Gasteiger partial charge >= 0.3 is 0 Å². The molecule has 0 unspecified atom stereocenters. The lowest BCUT2D eigenvalue weighted by molar-refractivity contribution is 0.120. The third-order valence-electron chi connectivity index (χ3n) is 1.24. The number of allylic oxidation sites excluding steroid dienone is 1. The fraction of sp³-hybridized carbons (Fsp3) is 0.571. The van der Waals surface area contributed by atoms with Crippen molar-refractivity contribution in [1.29, 1.82) is 0 Å². The van der Waals surface area contributed by atoms with Crippen LogP contribution in [-0.2, 0) is 4.79 Å². The molecule has 0 aromatic carbocycles. The fourth-order valence-electron chi connectivity index (χ4n) is 0.265. The molecular weight excluding hydrogens is 116 g/mol. The Labute approximate surface area is 55.2 Å². The molecule has 0 rings (SSSR count). The van der Waals surface area contributed by atoms with E-state index >= 15 is 0 Å². The van der Waals surface area contributed by atoms with Gasteiger partial charge in [-0.05, 0) is 32.4 Å². The van der Waals surface area contributed by atoms with E-state index in [9.17, 15) is 9.90 Å². The maximum atomic E-state index is 9.75. The van der Waals surface area contributed by atoms with Crippen LogP contribution < -0.4 is 0 Å². The fourth-order valence-corrected chi connectivity index (χ4v) is 0.265. The molecule has 0 aliphatic carbocycles. The molecule has 1 N–H and O–H groups in total. The summed E-state index contributed by atoms with van der Waals surface area (Å²) in [7, 11) is 0. The van der Waals surface area contributed by atoms with Crippen molar-refractivity contribution in [3.8, 4) is 0 Å². The Morgan fingerprint density at radius 1 is 1.67 bits per heavy atom. The van der Waals surface area contributed by atoms with Crippen LogP contribution in [0.5, 0.6) is 0 Å². The van der Waals surface area contributed by atoms with Crippen LogP contribution in [0.1, 0.15) is 20.8 Å². The Bertz CT molecular complexity index is 128. The molecule has 0 atom stereocenters. The van der Waals surface area contributed by atoms with Crippen LogP contribution >= 0.6 is 0 Å². The van der Waals surface area contributed by atoms with Gasteiger partial charge in [-0.15, -0.1) is 0 Å². The van der Waals surface area contributed by atoms with Crippen LogP contribution in [-0.4, -0.2) is 17.0 Å². The van der Waals surface area contributed by atoms with Crippen molar-refractivity contribution in [1.82, 2.24) is 0 Å². The first kappa shape index (κ1) is 8.37. The highest BCUT2D eigenvalue weighted by Gasteiger charge is 2.13. The molecule has 0 spiro atoms. The largest absolute Gasteiger partial charge is 0.386 e. The summed E-state index contributed by atoms with van der Waals surface area (Å²) < 4.78 is 0. The summed E-state index contributed by atoms with van der Waals surface area (Å²) in [6.07, 6.45) is 2.84. The second-order valence-electron chi connectivity index (χ2n) is 2.50. The van der Waals surface area contributed by atoms with Gasteiger partial charge < -0.3 is 5.11 Å². The van der Waals surface area contributed by atoms with Crippen LogP contribution in [0.3, 0.4) is 0 Å². The smallest absolute Gasteiger partial charge is 0.225 e. The van der Waals surface area contributed by atoms with Gasteiger partial charge in [0.05, 0.1) is 5.60 Å². The van der Waals surface area contributed by atoms with E-state index in [4.69, 9.17) is 0 Å². The summed E-state index contributed by atoms with van der Waals surface area (Å²) >= 11 is 0. The van der Waals surface area contributed by atoms with Gasteiger partial charge in [-0.2, -0.15) is 0 Å². The van der Waals surface area contributed by atoms with Crippen molar-refractivity contribution in [2.24, 2.45) is 0 Å². The molecule has 9 heavy (non-hydrogen) atoms. The molecule has 0 aliphatic rings. The lowest BCUT2D eigenvalue weighted by Gasteiger charge is -2.16. The SMILES string of the molecule is CC(=C[C]=O)C(C)(C)O. The van der Waals surface area contributed by atoms with E-state index in [1.165, 1.54) is 6.08 Å². The topological polar surface area (TPSA) is 37.3 Å². The van der Waals surface area contributed by atoms with Gasteiger partial charge in [0.15, 0.2) is 0 Å². The normalized spacial score (nSPS) is 13.6. The average Bonchev–Trinajstić information content (AvgIpc) is 1.64. The quantitative estimate of drug-likeness (QED) is 0.557. The first-order chi connectivity index (χ1) is 3.98. The molecule has 51 valence electrons. The Morgan fingerprint density at radius 2 is 2.11 bits per heavy atom. The van der Waals surface area contributed by atoms with Gasteiger partial charge in [-0.3, -0.25) is 4.79 Å². The molecule has 0 aromatic rings. The Kier molecular flexibility index (Phi) is 2.59. The average molecular weight is 127 g/mol.